The molecule has 0 aromatic carbocycles. The summed E-state index contributed by atoms with van der Waals surface area (Å²) in [6.45, 7) is 5.86. The maximum absolute atomic E-state index is 6.11. The van der Waals surface area contributed by atoms with Crippen LogP contribution in [0.3, 0.4) is 0 Å². The van der Waals surface area contributed by atoms with Crippen molar-refractivity contribution in [2.45, 2.75) is 57.5 Å². The van der Waals surface area contributed by atoms with Gasteiger partial charge in [-0.2, -0.15) is 0 Å². The molecule has 3 heteroatoms. The summed E-state index contributed by atoms with van der Waals surface area (Å²) in [5.74, 6) is 3.33. The van der Waals surface area contributed by atoms with E-state index in [0.29, 0.717) is 0 Å². The standard InChI is InChI=1S/C17H31NO2/c1-2-13-3-4-15(11-18)16(9-13)14-5-7-20-17(10-14)6-8-19-12-17/h13-16H,2-12,18H2,1H3. The van der Waals surface area contributed by atoms with E-state index in [9.17, 15) is 0 Å². The maximum Gasteiger partial charge on any atom is 0.0939 e. The van der Waals surface area contributed by atoms with Crippen LogP contribution in [0.15, 0.2) is 0 Å². The highest BCUT2D eigenvalue weighted by Gasteiger charge is 2.45. The van der Waals surface area contributed by atoms with E-state index in [1.54, 1.807) is 0 Å². The van der Waals surface area contributed by atoms with Crippen molar-refractivity contribution in [2.24, 2.45) is 29.4 Å². The van der Waals surface area contributed by atoms with Gasteiger partial charge in [0.05, 0.1) is 12.2 Å². The Morgan fingerprint density at radius 2 is 2.10 bits per heavy atom. The van der Waals surface area contributed by atoms with Crippen molar-refractivity contribution in [3.63, 3.8) is 0 Å². The number of nitrogens with two attached hydrogens (primary N) is 1. The van der Waals surface area contributed by atoms with Crippen molar-refractivity contribution in [3.8, 4) is 0 Å². The molecule has 3 fully saturated rings. The molecule has 1 aliphatic carbocycles. The largest absolute Gasteiger partial charge is 0.378 e. The monoisotopic (exact) mass is 281 g/mol. The summed E-state index contributed by atoms with van der Waals surface area (Å²) in [4.78, 5) is 0. The smallest absolute Gasteiger partial charge is 0.0939 e. The number of rotatable bonds is 3. The first-order valence-electron chi connectivity index (χ1n) is 8.68. The van der Waals surface area contributed by atoms with Gasteiger partial charge in [0, 0.05) is 19.6 Å². The molecule has 3 aliphatic rings. The van der Waals surface area contributed by atoms with Gasteiger partial charge in [0.15, 0.2) is 0 Å². The third-order valence-electron chi connectivity index (χ3n) is 6.24. The Morgan fingerprint density at radius 1 is 1.20 bits per heavy atom. The van der Waals surface area contributed by atoms with E-state index in [0.717, 1.165) is 56.5 Å². The molecular formula is C17H31NO2. The molecule has 0 aromatic heterocycles. The number of hydrogen-bond acceptors (Lipinski definition) is 3. The average Bonchev–Trinajstić information content (AvgIpc) is 2.94. The molecule has 1 spiro atoms. The minimum Gasteiger partial charge on any atom is -0.378 e. The lowest BCUT2D eigenvalue weighted by Gasteiger charge is -2.45. The van der Waals surface area contributed by atoms with E-state index < -0.39 is 0 Å². The van der Waals surface area contributed by atoms with Gasteiger partial charge in [0.2, 0.25) is 0 Å². The van der Waals surface area contributed by atoms with Gasteiger partial charge >= 0.3 is 0 Å². The van der Waals surface area contributed by atoms with Gasteiger partial charge in [-0.25, -0.2) is 0 Å². The quantitative estimate of drug-likeness (QED) is 0.865. The number of ether oxygens (including phenoxy) is 2. The zero-order valence-electron chi connectivity index (χ0n) is 13.0. The van der Waals surface area contributed by atoms with Crippen LogP contribution in [0.25, 0.3) is 0 Å². The van der Waals surface area contributed by atoms with Gasteiger partial charge in [-0.15, -0.1) is 0 Å². The van der Waals surface area contributed by atoms with E-state index >= 15 is 0 Å². The molecule has 3 nitrogen and oxygen atoms in total. The summed E-state index contributed by atoms with van der Waals surface area (Å²) in [6, 6.07) is 0. The molecule has 0 aromatic rings. The fourth-order valence-electron chi connectivity index (χ4n) is 4.89. The van der Waals surface area contributed by atoms with Crippen LogP contribution in [0, 0.1) is 23.7 Å². The normalized spacial score (nSPS) is 45.9. The molecule has 2 saturated heterocycles. The molecule has 0 amide bonds. The van der Waals surface area contributed by atoms with Gasteiger partial charge in [0.1, 0.15) is 0 Å². The van der Waals surface area contributed by atoms with Crippen LogP contribution in [0.5, 0.6) is 0 Å². The summed E-state index contributed by atoms with van der Waals surface area (Å²) >= 11 is 0. The van der Waals surface area contributed by atoms with E-state index in [-0.39, 0.29) is 5.60 Å². The van der Waals surface area contributed by atoms with Crippen LogP contribution in [-0.4, -0.2) is 32.0 Å². The van der Waals surface area contributed by atoms with Gasteiger partial charge in [-0.05, 0) is 55.9 Å². The van der Waals surface area contributed by atoms with Crippen molar-refractivity contribution in [2.75, 3.05) is 26.4 Å². The van der Waals surface area contributed by atoms with Gasteiger partial charge in [-0.1, -0.05) is 19.8 Å². The molecule has 5 unspecified atom stereocenters. The summed E-state index contributed by atoms with van der Waals surface area (Å²) < 4.78 is 11.7. The second kappa shape index (κ2) is 6.33. The van der Waals surface area contributed by atoms with Crippen molar-refractivity contribution >= 4 is 0 Å². The predicted octanol–water partition coefficient (Wildman–Crippen LogP) is 2.97. The Labute approximate surface area is 123 Å². The first-order chi connectivity index (χ1) is 9.76. The van der Waals surface area contributed by atoms with Crippen LogP contribution < -0.4 is 5.73 Å². The van der Waals surface area contributed by atoms with Crippen LogP contribution in [0.2, 0.25) is 0 Å². The van der Waals surface area contributed by atoms with Gasteiger partial charge in [-0.3, -0.25) is 0 Å². The highest BCUT2D eigenvalue weighted by molar-refractivity contribution is 4.94. The third kappa shape index (κ3) is 2.90. The predicted molar refractivity (Wildman–Crippen MR) is 80.5 cm³/mol. The molecule has 1 saturated carbocycles. The minimum atomic E-state index is 0.0568. The van der Waals surface area contributed by atoms with Crippen molar-refractivity contribution in [3.05, 3.63) is 0 Å². The Morgan fingerprint density at radius 3 is 2.80 bits per heavy atom. The average molecular weight is 281 g/mol. The van der Waals surface area contributed by atoms with Crippen LogP contribution >= 0.6 is 0 Å². The Balaban J connectivity index is 1.68. The zero-order chi connectivity index (χ0) is 14.0. The lowest BCUT2D eigenvalue weighted by Crippen LogP contribution is -2.45. The highest BCUT2D eigenvalue weighted by atomic mass is 16.6. The molecule has 2 heterocycles. The molecule has 0 radical (unpaired) electrons. The van der Waals surface area contributed by atoms with Gasteiger partial charge < -0.3 is 15.2 Å². The van der Waals surface area contributed by atoms with Gasteiger partial charge in [0.25, 0.3) is 0 Å². The summed E-state index contributed by atoms with van der Waals surface area (Å²) in [5, 5.41) is 0. The third-order valence-corrected chi connectivity index (χ3v) is 6.24. The fourth-order valence-corrected chi connectivity index (χ4v) is 4.89. The topological polar surface area (TPSA) is 44.5 Å². The molecule has 0 bridgehead atoms. The van der Waals surface area contributed by atoms with Crippen molar-refractivity contribution in [1.82, 2.24) is 0 Å². The highest BCUT2D eigenvalue weighted by Crippen LogP contribution is 2.46. The van der Waals surface area contributed by atoms with E-state index in [1.165, 1.54) is 38.5 Å². The Kier molecular flexibility index (Phi) is 4.68. The maximum atomic E-state index is 6.11. The first-order valence-corrected chi connectivity index (χ1v) is 8.68. The zero-order valence-corrected chi connectivity index (χ0v) is 13.0. The summed E-state index contributed by atoms with van der Waals surface area (Å²) in [6.07, 6.45) is 9.03. The molecule has 20 heavy (non-hydrogen) atoms. The molecule has 2 N–H and O–H groups in total. The second-order valence-corrected chi connectivity index (χ2v) is 7.33. The SMILES string of the molecule is CCC1CCC(CN)C(C2CCOC3(CCOC3)C2)C1. The lowest BCUT2D eigenvalue weighted by molar-refractivity contribution is -0.114. The van der Waals surface area contributed by atoms with Crippen LogP contribution in [0.4, 0.5) is 0 Å². The Bertz CT molecular complexity index is 314. The molecule has 116 valence electrons. The minimum absolute atomic E-state index is 0.0568. The molecular weight excluding hydrogens is 250 g/mol. The fraction of sp³-hybridized carbons (Fsp3) is 1.00. The van der Waals surface area contributed by atoms with E-state index in [1.807, 2.05) is 0 Å². The van der Waals surface area contributed by atoms with E-state index in [4.69, 9.17) is 15.2 Å². The van der Waals surface area contributed by atoms with Crippen molar-refractivity contribution < 1.29 is 9.47 Å². The van der Waals surface area contributed by atoms with E-state index in [2.05, 4.69) is 6.92 Å². The van der Waals surface area contributed by atoms with Crippen molar-refractivity contribution in [1.29, 1.82) is 0 Å². The Hall–Kier alpha value is -0.120. The van der Waals surface area contributed by atoms with Crippen LogP contribution in [0.1, 0.15) is 51.9 Å². The molecule has 5 atom stereocenters. The second-order valence-electron chi connectivity index (χ2n) is 7.33. The first kappa shape index (κ1) is 14.8. The number of hydrogen-bond donors (Lipinski definition) is 1. The summed E-state index contributed by atoms with van der Waals surface area (Å²) in [5.41, 5.74) is 6.13. The van der Waals surface area contributed by atoms with Crippen LogP contribution in [-0.2, 0) is 9.47 Å². The molecule has 2 aliphatic heterocycles. The summed E-state index contributed by atoms with van der Waals surface area (Å²) in [7, 11) is 0. The molecule has 3 rings (SSSR count). The lowest BCUT2D eigenvalue weighted by atomic mass is 9.64.